The molecule has 2 atom stereocenters. The van der Waals surface area contributed by atoms with Gasteiger partial charge in [0, 0.05) is 80.2 Å². The minimum atomic E-state index is -0.132. The van der Waals surface area contributed by atoms with Crippen LogP contribution in [0.25, 0.3) is 40.3 Å². The Labute approximate surface area is 470 Å². The van der Waals surface area contributed by atoms with Gasteiger partial charge in [0.15, 0.2) is 0 Å². The van der Waals surface area contributed by atoms with Crippen LogP contribution in [0.4, 0.5) is 45.5 Å². The highest BCUT2D eigenvalue weighted by molar-refractivity contribution is 7.28. The van der Waals surface area contributed by atoms with Gasteiger partial charge in [-0.25, -0.2) is 0 Å². The molecule has 3 nitrogen and oxygen atoms in total. The quantitative estimate of drug-likeness (QED) is 0.163. The molecule has 1 saturated carbocycles. The zero-order valence-corrected chi connectivity index (χ0v) is 48.9. The average molecular weight is 1050 g/mol. The summed E-state index contributed by atoms with van der Waals surface area (Å²) in [6.45, 7) is 25.2. The lowest BCUT2D eigenvalue weighted by Gasteiger charge is -2.51. The van der Waals surface area contributed by atoms with Crippen molar-refractivity contribution < 1.29 is 0 Å². The van der Waals surface area contributed by atoms with Crippen LogP contribution in [0.15, 0.2) is 146 Å². The van der Waals surface area contributed by atoms with Crippen LogP contribution >= 0.6 is 22.7 Å². The lowest BCUT2D eigenvalue weighted by molar-refractivity contribution is 0.195. The molecule has 0 N–H and O–H groups in total. The number of nitrogens with zero attached hydrogens (tertiary/aromatic N) is 3. The number of hydrogen-bond acceptors (Lipinski definition) is 5. The van der Waals surface area contributed by atoms with Crippen molar-refractivity contribution in [2.45, 2.75) is 153 Å². The predicted octanol–water partition coefficient (Wildman–Crippen LogP) is 18.9. The first kappa shape index (κ1) is 47.6. The molecule has 388 valence electrons. The molecule has 78 heavy (non-hydrogen) atoms. The van der Waals surface area contributed by atoms with Crippen LogP contribution in [-0.2, 0) is 27.1 Å². The molecular formula is C72H70BN3S2. The molecule has 16 rings (SSSR count). The largest absolute Gasteiger partial charge is 0.334 e. The van der Waals surface area contributed by atoms with Crippen LogP contribution in [-0.4, -0.2) is 12.3 Å². The van der Waals surface area contributed by atoms with Crippen molar-refractivity contribution in [3.05, 3.63) is 173 Å². The SMILES string of the molecule is CC1(C)CCC(C)(C)c2cc(N3c4cc5c(cc4B4c6c3cc(N3c7ccccc7C7(C)CCCCC37C)cc6N(c3cccc6sc7ccccc7c36)c3ccc6c(sc7ccccc76)c34)C(C)(C)CCC5(C)C)ccc21. The summed E-state index contributed by atoms with van der Waals surface area (Å²) in [5, 5.41) is 5.37. The summed E-state index contributed by atoms with van der Waals surface area (Å²) < 4.78 is 5.41. The fourth-order valence-electron chi connectivity index (χ4n) is 16.7. The van der Waals surface area contributed by atoms with Gasteiger partial charge in [-0.1, -0.05) is 154 Å². The maximum absolute atomic E-state index is 2.85. The van der Waals surface area contributed by atoms with E-state index in [9.17, 15) is 0 Å². The van der Waals surface area contributed by atoms with Crippen molar-refractivity contribution in [1.82, 2.24) is 0 Å². The van der Waals surface area contributed by atoms with Gasteiger partial charge in [0.1, 0.15) is 0 Å². The van der Waals surface area contributed by atoms with Crippen molar-refractivity contribution in [1.29, 1.82) is 0 Å². The summed E-state index contributed by atoms with van der Waals surface area (Å²) in [4.78, 5) is 8.40. The van der Waals surface area contributed by atoms with Crippen molar-refractivity contribution in [2.24, 2.45) is 0 Å². The number of thiophene rings is 2. The number of para-hydroxylation sites is 1. The second-order valence-electron chi connectivity index (χ2n) is 27.6. The van der Waals surface area contributed by atoms with Gasteiger partial charge in [-0.05, 0) is 183 Å². The third-order valence-corrected chi connectivity index (χ3v) is 23.9. The van der Waals surface area contributed by atoms with E-state index in [1.807, 2.05) is 22.7 Å². The highest BCUT2D eigenvalue weighted by Gasteiger charge is 2.58. The molecule has 0 saturated heterocycles. The molecule has 2 unspecified atom stereocenters. The van der Waals surface area contributed by atoms with E-state index in [-0.39, 0.29) is 39.3 Å². The lowest BCUT2D eigenvalue weighted by Crippen LogP contribution is -2.62. The molecule has 8 aromatic carbocycles. The Morgan fingerprint density at radius 3 is 1.74 bits per heavy atom. The number of rotatable bonds is 3. The number of anilines is 8. The van der Waals surface area contributed by atoms with Crippen LogP contribution in [0.1, 0.15) is 148 Å². The Morgan fingerprint density at radius 2 is 0.987 bits per heavy atom. The maximum Gasteiger partial charge on any atom is 0.254 e. The van der Waals surface area contributed by atoms with Crippen LogP contribution in [0.3, 0.4) is 0 Å². The molecule has 3 aliphatic carbocycles. The minimum absolute atomic E-state index is 0.00160. The topological polar surface area (TPSA) is 9.72 Å². The summed E-state index contributed by atoms with van der Waals surface area (Å²) in [7, 11) is 0. The van der Waals surface area contributed by atoms with E-state index >= 15 is 0 Å². The number of benzene rings is 8. The fourth-order valence-corrected chi connectivity index (χ4v) is 19.1. The van der Waals surface area contributed by atoms with E-state index in [4.69, 9.17) is 0 Å². The van der Waals surface area contributed by atoms with Gasteiger partial charge in [0.2, 0.25) is 0 Å². The first-order chi connectivity index (χ1) is 37.4. The smallest absolute Gasteiger partial charge is 0.254 e. The molecule has 10 aromatic rings. The van der Waals surface area contributed by atoms with Gasteiger partial charge in [0.25, 0.3) is 6.71 Å². The standard InChI is InChI=1S/C72H70BN3S2/c1-67(2)34-35-68(3,4)50-38-43(28-30-48(50)67)74-57-42-52-51(69(5,6)36-37-70(52,7)8)41-53(57)73-64-58(74)39-44(76-54-23-14-13-22-49(54)71(9)32-17-18-33-72(71,76)10)40-59(64)75(55-24-19-27-62-63(55)47-21-12-16-26-61(47)77-62)56-31-29-46-45-20-11-15-25-60(45)78-66(46)65(56)73/h11-16,19-31,38-42H,17-18,32-37H2,1-10H3. The average Bonchev–Trinajstić information content (AvgIpc) is 4.24. The molecule has 0 bridgehead atoms. The van der Waals surface area contributed by atoms with Crippen molar-refractivity contribution in [3.63, 3.8) is 0 Å². The van der Waals surface area contributed by atoms with Crippen LogP contribution in [0, 0.1) is 0 Å². The van der Waals surface area contributed by atoms with Gasteiger partial charge in [-0.3, -0.25) is 0 Å². The summed E-state index contributed by atoms with van der Waals surface area (Å²) in [6, 6.07) is 58.4. The third kappa shape index (κ3) is 6.17. The minimum Gasteiger partial charge on any atom is -0.334 e. The molecule has 5 heterocycles. The second kappa shape index (κ2) is 15.7. The van der Waals surface area contributed by atoms with Gasteiger partial charge in [-0.15, -0.1) is 22.7 Å². The molecular weight excluding hydrogens is 982 g/mol. The van der Waals surface area contributed by atoms with E-state index in [2.05, 4.69) is 230 Å². The molecule has 3 aliphatic heterocycles. The first-order valence-corrected chi connectivity index (χ1v) is 30.9. The Kier molecular flexibility index (Phi) is 9.61. The molecule has 1 fully saturated rings. The van der Waals surface area contributed by atoms with E-state index in [0.29, 0.717) is 0 Å². The van der Waals surface area contributed by atoms with E-state index < -0.39 is 0 Å². The Hall–Kier alpha value is -6.34. The second-order valence-corrected chi connectivity index (χ2v) is 29.7. The maximum atomic E-state index is 2.85. The van der Waals surface area contributed by atoms with E-state index in [0.717, 1.165) is 12.8 Å². The Balaban J connectivity index is 1.10. The predicted molar refractivity (Wildman–Crippen MR) is 340 cm³/mol. The Bertz CT molecular complexity index is 4260. The van der Waals surface area contributed by atoms with E-state index in [1.165, 1.54) is 169 Å². The fraction of sp³-hybridized carbons (Fsp3) is 0.333. The molecule has 0 spiro atoms. The summed E-state index contributed by atoms with van der Waals surface area (Å²) in [5.74, 6) is 0. The van der Waals surface area contributed by atoms with E-state index in [1.54, 1.807) is 0 Å². The van der Waals surface area contributed by atoms with Crippen molar-refractivity contribution in [2.75, 3.05) is 14.7 Å². The summed E-state index contributed by atoms with van der Waals surface area (Å²) in [6.07, 6.45) is 9.50. The van der Waals surface area contributed by atoms with Gasteiger partial charge in [0.05, 0.1) is 11.2 Å². The van der Waals surface area contributed by atoms with Crippen LogP contribution in [0.2, 0.25) is 0 Å². The molecule has 0 radical (unpaired) electrons. The Morgan fingerprint density at radius 1 is 0.385 bits per heavy atom. The van der Waals surface area contributed by atoms with Gasteiger partial charge >= 0.3 is 0 Å². The number of hydrogen-bond donors (Lipinski definition) is 0. The molecule has 6 heteroatoms. The molecule has 6 aliphatic rings. The van der Waals surface area contributed by atoms with Gasteiger partial charge < -0.3 is 14.7 Å². The summed E-state index contributed by atoms with van der Waals surface area (Å²) in [5.41, 5.74) is 22.3. The van der Waals surface area contributed by atoms with Crippen molar-refractivity contribution >= 4 is 132 Å². The zero-order valence-electron chi connectivity index (χ0n) is 47.2. The molecule has 2 aromatic heterocycles. The lowest BCUT2D eigenvalue weighted by atomic mass is 9.33. The monoisotopic (exact) mass is 1050 g/mol. The first-order valence-electron chi connectivity index (χ1n) is 29.3. The molecule has 0 amide bonds. The van der Waals surface area contributed by atoms with Crippen LogP contribution in [0.5, 0.6) is 0 Å². The van der Waals surface area contributed by atoms with Crippen molar-refractivity contribution in [3.8, 4) is 0 Å². The van der Waals surface area contributed by atoms with Crippen LogP contribution < -0.4 is 31.1 Å². The third-order valence-electron chi connectivity index (χ3n) is 21.5. The normalized spacial score (nSPS) is 22.7. The highest BCUT2D eigenvalue weighted by Crippen LogP contribution is 2.63. The zero-order chi connectivity index (χ0) is 53.2. The number of fused-ring (bicyclic) bond motifs is 16. The highest BCUT2D eigenvalue weighted by atomic mass is 32.1. The summed E-state index contributed by atoms with van der Waals surface area (Å²) >= 11 is 3.93. The van der Waals surface area contributed by atoms with Gasteiger partial charge in [-0.2, -0.15) is 0 Å².